The molecular formula is C26H30ClF3N4O4S2. The van der Waals surface area contributed by atoms with Crippen LogP contribution in [-0.4, -0.2) is 55.1 Å². The average molecular weight is 619 g/mol. The first kappa shape index (κ1) is 31.7. The number of likely N-dealkylation sites (tertiary alicyclic amines) is 1. The maximum atomic E-state index is 14.1. The molecule has 1 amide bonds. The van der Waals surface area contributed by atoms with Gasteiger partial charge in [0.15, 0.2) is 21.5 Å². The minimum absolute atomic E-state index is 0.0464. The van der Waals surface area contributed by atoms with E-state index in [1.54, 1.807) is 33.2 Å². The first-order valence-electron chi connectivity index (χ1n) is 12.2. The number of carbonyl (C=O) groups is 1. The quantitative estimate of drug-likeness (QED) is 0.210. The Balaban J connectivity index is 1.90. The number of amides is 1. The number of anilines is 1. The lowest BCUT2D eigenvalue weighted by molar-refractivity contribution is -0.137. The fourth-order valence-electron chi connectivity index (χ4n) is 4.26. The number of sulfone groups is 1. The molecule has 2 atom stereocenters. The highest BCUT2D eigenvalue weighted by atomic mass is 35.5. The molecule has 1 heterocycles. The number of thioether (sulfide) groups is 1. The van der Waals surface area contributed by atoms with E-state index in [1.807, 2.05) is 0 Å². The largest absolute Gasteiger partial charge is 0.444 e. The molecule has 8 nitrogen and oxygen atoms in total. The van der Waals surface area contributed by atoms with Crippen LogP contribution in [0.3, 0.4) is 0 Å². The summed E-state index contributed by atoms with van der Waals surface area (Å²) < 4.78 is 74.4. The molecule has 2 aromatic rings. The molecule has 1 fully saturated rings. The fraction of sp³-hybridized carbons (Fsp3) is 0.462. The molecule has 2 unspecified atom stereocenters. The highest BCUT2D eigenvalue weighted by Gasteiger charge is 2.37. The van der Waals surface area contributed by atoms with Crippen LogP contribution in [0.1, 0.15) is 39.2 Å². The van der Waals surface area contributed by atoms with Gasteiger partial charge < -0.3 is 15.0 Å². The van der Waals surface area contributed by atoms with Crippen molar-refractivity contribution in [2.24, 2.45) is 0 Å². The second-order valence-electron chi connectivity index (χ2n) is 10.2. The third-order valence-electron chi connectivity index (χ3n) is 6.06. The van der Waals surface area contributed by atoms with Crippen molar-refractivity contribution in [1.82, 2.24) is 10.2 Å². The molecule has 0 bridgehead atoms. The third kappa shape index (κ3) is 7.67. The maximum Gasteiger partial charge on any atom is 0.417 e. The van der Waals surface area contributed by atoms with Crippen LogP contribution in [0.2, 0.25) is 5.02 Å². The Morgan fingerprint density at radius 3 is 2.42 bits per heavy atom. The first-order chi connectivity index (χ1) is 18.6. The van der Waals surface area contributed by atoms with Crippen LogP contribution in [-0.2, 0) is 20.8 Å². The van der Waals surface area contributed by atoms with Crippen LogP contribution < -0.4 is 10.6 Å². The van der Waals surface area contributed by atoms with Crippen molar-refractivity contribution < 1.29 is 31.1 Å². The van der Waals surface area contributed by atoms with E-state index in [2.05, 4.69) is 10.6 Å². The van der Waals surface area contributed by atoms with Crippen molar-refractivity contribution in [2.45, 2.75) is 61.0 Å². The highest BCUT2D eigenvalue weighted by Crippen LogP contribution is 2.43. The van der Waals surface area contributed by atoms with Crippen LogP contribution in [0.25, 0.3) is 11.1 Å². The number of nitrogens with zero attached hydrogens (tertiary/aromatic N) is 2. The summed E-state index contributed by atoms with van der Waals surface area (Å²) in [6.07, 6.45) is -1.17. The lowest BCUT2D eigenvalue weighted by Crippen LogP contribution is -2.47. The van der Waals surface area contributed by atoms with Crippen molar-refractivity contribution in [3.05, 3.63) is 47.0 Å². The molecule has 0 aliphatic carbocycles. The Labute approximate surface area is 241 Å². The zero-order valence-corrected chi connectivity index (χ0v) is 24.7. The monoisotopic (exact) mass is 618 g/mol. The van der Waals surface area contributed by atoms with Gasteiger partial charge in [0.2, 0.25) is 0 Å². The Kier molecular flexibility index (Phi) is 9.80. The van der Waals surface area contributed by atoms with Crippen molar-refractivity contribution in [3.63, 3.8) is 0 Å². The number of rotatable bonds is 7. The van der Waals surface area contributed by atoms with E-state index in [1.165, 1.54) is 47.0 Å². The number of hydrogen-bond acceptors (Lipinski definition) is 8. The molecule has 0 aromatic heterocycles. The second kappa shape index (κ2) is 12.4. The number of nitrogens with one attached hydrogen (secondary N) is 2. The number of carbonyl (C=O) groups excluding carboxylic acids is 1. The summed E-state index contributed by atoms with van der Waals surface area (Å²) in [6, 6.07) is 7.27. The summed E-state index contributed by atoms with van der Waals surface area (Å²) in [5.74, 6) is 0. The Morgan fingerprint density at radius 1 is 1.23 bits per heavy atom. The van der Waals surface area contributed by atoms with Gasteiger partial charge >= 0.3 is 12.3 Å². The Bertz CT molecular complexity index is 1370. The zero-order chi connectivity index (χ0) is 29.9. The molecule has 1 aliphatic rings. The van der Waals surface area contributed by atoms with Crippen LogP contribution in [0.4, 0.5) is 23.7 Å². The standard InChI is InChI=1S/C26H30ClF3N4O4S2/c1-25(2,3)38-24(35)34-11-5-6-19(14-34)40(36,37)18-9-7-16(8-10-18)22-20(26(28,29)30)12-17(13-21(22)27)33-23(39-4)32-15-31/h7-10,12-13,19,23,32-33H,5-6,11,14H2,1-4H3. The molecule has 40 heavy (non-hydrogen) atoms. The van der Waals surface area contributed by atoms with Gasteiger partial charge in [0.25, 0.3) is 0 Å². The molecule has 1 saturated heterocycles. The van der Waals surface area contributed by atoms with Crippen LogP contribution >= 0.6 is 23.4 Å². The molecule has 0 spiro atoms. The molecule has 218 valence electrons. The molecule has 1 aliphatic heterocycles. The molecule has 0 saturated carbocycles. The number of nitriles is 1. The van der Waals surface area contributed by atoms with Gasteiger partial charge in [-0.05, 0) is 69.7 Å². The van der Waals surface area contributed by atoms with Crippen molar-refractivity contribution in [2.75, 3.05) is 24.7 Å². The van der Waals surface area contributed by atoms with Crippen molar-refractivity contribution >= 4 is 45.0 Å². The minimum atomic E-state index is -4.77. The van der Waals surface area contributed by atoms with E-state index in [0.29, 0.717) is 19.4 Å². The SMILES string of the molecule is CSC(NC#N)Nc1cc(Cl)c(-c2ccc(S(=O)(=O)C3CCCN(C(=O)OC(C)(C)C)C3)cc2)c(C(F)(F)F)c1. The summed E-state index contributed by atoms with van der Waals surface area (Å²) in [6.45, 7) is 5.48. The van der Waals surface area contributed by atoms with Crippen molar-refractivity contribution in [3.8, 4) is 17.3 Å². The lowest BCUT2D eigenvalue weighted by atomic mass is 9.98. The summed E-state index contributed by atoms with van der Waals surface area (Å²) in [5, 5.41) is 12.9. The molecule has 0 radical (unpaired) electrons. The van der Waals surface area contributed by atoms with E-state index in [-0.39, 0.29) is 33.3 Å². The van der Waals surface area contributed by atoms with E-state index >= 15 is 0 Å². The number of ether oxygens (including phenoxy) is 1. The van der Waals surface area contributed by atoms with Crippen LogP contribution in [0.5, 0.6) is 0 Å². The van der Waals surface area contributed by atoms with E-state index in [0.717, 1.165) is 6.07 Å². The van der Waals surface area contributed by atoms with Gasteiger partial charge in [-0.3, -0.25) is 5.32 Å². The third-order valence-corrected chi connectivity index (χ3v) is 9.26. The van der Waals surface area contributed by atoms with Crippen molar-refractivity contribution in [1.29, 1.82) is 5.26 Å². The van der Waals surface area contributed by atoms with E-state index in [4.69, 9.17) is 21.6 Å². The average Bonchev–Trinajstić information content (AvgIpc) is 2.86. The topological polar surface area (TPSA) is 112 Å². The number of benzene rings is 2. The minimum Gasteiger partial charge on any atom is -0.444 e. The van der Waals surface area contributed by atoms with E-state index in [9.17, 15) is 26.4 Å². The maximum absolute atomic E-state index is 14.1. The van der Waals surface area contributed by atoms with Gasteiger partial charge in [-0.15, -0.1) is 11.8 Å². The highest BCUT2D eigenvalue weighted by molar-refractivity contribution is 7.99. The van der Waals surface area contributed by atoms with Gasteiger partial charge in [-0.25, -0.2) is 13.2 Å². The molecule has 2 N–H and O–H groups in total. The Morgan fingerprint density at radius 2 is 1.88 bits per heavy atom. The van der Waals surface area contributed by atoms with Gasteiger partial charge in [-0.2, -0.15) is 18.4 Å². The Hall–Kier alpha value is -2.82. The van der Waals surface area contributed by atoms with Gasteiger partial charge in [0.05, 0.1) is 20.7 Å². The smallest absolute Gasteiger partial charge is 0.417 e. The zero-order valence-electron chi connectivity index (χ0n) is 22.3. The summed E-state index contributed by atoms with van der Waals surface area (Å²) in [5.41, 5.74) is -2.59. The van der Waals surface area contributed by atoms with Gasteiger partial charge in [0, 0.05) is 24.3 Å². The fourth-order valence-corrected chi connectivity index (χ4v) is 6.76. The summed E-state index contributed by atoms with van der Waals surface area (Å²) >= 11 is 7.50. The molecule has 14 heteroatoms. The lowest BCUT2D eigenvalue weighted by Gasteiger charge is -2.33. The molecule has 3 rings (SSSR count). The normalized spacial score (nSPS) is 17.1. The van der Waals surface area contributed by atoms with E-state index < -0.39 is 44.0 Å². The summed E-state index contributed by atoms with van der Waals surface area (Å²) in [4.78, 5) is 13.8. The van der Waals surface area contributed by atoms with Crippen LogP contribution in [0, 0.1) is 11.5 Å². The first-order valence-corrected chi connectivity index (χ1v) is 15.4. The number of hydrogen-bond donors (Lipinski definition) is 2. The predicted octanol–water partition coefficient (Wildman–Crippen LogP) is 6.33. The number of alkyl halides is 3. The second-order valence-corrected chi connectivity index (χ2v) is 13.7. The van der Waals surface area contributed by atoms with Gasteiger partial charge in [0.1, 0.15) is 5.60 Å². The van der Waals surface area contributed by atoms with Crippen LogP contribution in [0.15, 0.2) is 41.3 Å². The number of halogens is 4. The summed E-state index contributed by atoms with van der Waals surface area (Å²) in [7, 11) is -3.90. The number of piperidine rings is 1. The molecule has 2 aromatic carbocycles. The van der Waals surface area contributed by atoms with Gasteiger partial charge in [-0.1, -0.05) is 23.7 Å². The predicted molar refractivity (Wildman–Crippen MR) is 150 cm³/mol. The molecular weight excluding hydrogens is 589 g/mol.